The highest BCUT2D eigenvalue weighted by molar-refractivity contribution is 5.83. The molecule has 2 aromatic carbocycles. The lowest BCUT2D eigenvalue weighted by atomic mass is 10.00. The van der Waals surface area contributed by atoms with Crippen LogP contribution >= 0.6 is 0 Å². The van der Waals surface area contributed by atoms with Gasteiger partial charge in [-0.3, -0.25) is 0 Å². The summed E-state index contributed by atoms with van der Waals surface area (Å²) in [6, 6.07) is 14.7. The van der Waals surface area contributed by atoms with Crippen LogP contribution in [0.3, 0.4) is 0 Å². The minimum absolute atomic E-state index is 0.175. The molecule has 2 heteroatoms. The van der Waals surface area contributed by atoms with Crippen molar-refractivity contribution in [3.63, 3.8) is 0 Å². The van der Waals surface area contributed by atoms with Gasteiger partial charge in [-0.1, -0.05) is 43.2 Å². The maximum Gasteiger partial charge on any atom is 0.120 e. The van der Waals surface area contributed by atoms with E-state index in [-0.39, 0.29) is 6.04 Å². The van der Waals surface area contributed by atoms with Gasteiger partial charge in [0.1, 0.15) is 12.4 Å². The van der Waals surface area contributed by atoms with E-state index in [4.69, 9.17) is 10.5 Å². The molecule has 2 N–H and O–H groups in total. The molecule has 3 rings (SSSR count). The van der Waals surface area contributed by atoms with Gasteiger partial charge in [-0.25, -0.2) is 0 Å². The first-order valence-electron chi connectivity index (χ1n) is 7.20. The van der Waals surface area contributed by atoms with Crippen LogP contribution in [0.4, 0.5) is 0 Å². The van der Waals surface area contributed by atoms with Crippen LogP contribution in [0.15, 0.2) is 42.5 Å². The van der Waals surface area contributed by atoms with Crippen molar-refractivity contribution >= 4 is 10.8 Å². The Labute approximate surface area is 114 Å². The van der Waals surface area contributed by atoms with Crippen LogP contribution in [0.25, 0.3) is 10.8 Å². The van der Waals surface area contributed by atoms with Crippen LogP contribution in [-0.2, 0) is 0 Å². The second kappa shape index (κ2) is 5.62. The van der Waals surface area contributed by atoms with Gasteiger partial charge in [-0.2, -0.15) is 0 Å². The Hall–Kier alpha value is -1.54. The lowest BCUT2D eigenvalue weighted by Gasteiger charge is -2.19. The number of rotatable bonds is 4. The third-order valence-electron chi connectivity index (χ3n) is 4.17. The van der Waals surface area contributed by atoms with E-state index in [9.17, 15) is 0 Å². The molecule has 1 atom stereocenters. The van der Waals surface area contributed by atoms with Crippen molar-refractivity contribution in [2.45, 2.75) is 31.7 Å². The summed E-state index contributed by atoms with van der Waals surface area (Å²) in [5, 5.41) is 2.46. The van der Waals surface area contributed by atoms with Gasteiger partial charge < -0.3 is 10.5 Å². The highest BCUT2D eigenvalue weighted by atomic mass is 16.5. The second-order valence-electron chi connectivity index (χ2n) is 5.53. The molecule has 100 valence electrons. The molecule has 1 unspecified atom stereocenters. The van der Waals surface area contributed by atoms with Crippen molar-refractivity contribution in [2.75, 3.05) is 6.61 Å². The molecule has 0 aromatic heterocycles. The first kappa shape index (κ1) is 12.5. The average Bonchev–Trinajstić information content (AvgIpc) is 2.99. The van der Waals surface area contributed by atoms with Gasteiger partial charge in [-0.05, 0) is 41.7 Å². The molecular formula is C17H21NO. The first-order valence-corrected chi connectivity index (χ1v) is 7.20. The summed E-state index contributed by atoms with van der Waals surface area (Å²) in [7, 11) is 0. The van der Waals surface area contributed by atoms with E-state index in [0.717, 1.165) is 5.75 Å². The van der Waals surface area contributed by atoms with Crippen LogP contribution < -0.4 is 10.5 Å². The molecule has 2 nitrogen and oxygen atoms in total. The Morgan fingerprint density at radius 3 is 2.58 bits per heavy atom. The number of benzene rings is 2. The predicted molar refractivity (Wildman–Crippen MR) is 79.4 cm³/mol. The van der Waals surface area contributed by atoms with E-state index in [2.05, 4.69) is 36.4 Å². The van der Waals surface area contributed by atoms with Crippen LogP contribution in [0, 0.1) is 5.92 Å². The van der Waals surface area contributed by atoms with Crippen molar-refractivity contribution < 1.29 is 4.74 Å². The fourth-order valence-corrected chi connectivity index (χ4v) is 2.97. The summed E-state index contributed by atoms with van der Waals surface area (Å²) < 4.78 is 5.86. The summed E-state index contributed by atoms with van der Waals surface area (Å²) in [6.45, 7) is 0.628. The van der Waals surface area contributed by atoms with Crippen LogP contribution in [-0.4, -0.2) is 12.6 Å². The van der Waals surface area contributed by atoms with Gasteiger partial charge in [0.15, 0.2) is 0 Å². The molecule has 0 aliphatic heterocycles. The average molecular weight is 255 g/mol. The zero-order valence-corrected chi connectivity index (χ0v) is 11.2. The first-order chi connectivity index (χ1) is 9.33. The highest BCUT2D eigenvalue weighted by Crippen LogP contribution is 2.27. The summed E-state index contributed by atoms with van der Waals surface area (Å²) in [6.07, 6.45) is 5.19. The fourth-order valence-electron chi connectivity index (χ4n) is 2.97. The molecule has 0 bridgehead atoms. The topological polar surface area (TPSA) is 35.2 Å². The largest absolute Gasteiger partial charge is 0.492 e. The summed E-state index contributed by atoms with van der Waals surface area (Å²) >= 11 is 0. The predicted octanol–water partition coefficient (Wildman–Crippen LogP) is 3.74. The molecule has 1 saturated carbocycles. The maximum absolute atomic E-state index is 6.21. The summed E-state index contributed by atoms with van der Waals surface area (Å²) in [4.78, 5) is 0. The number of fused-ring (bicyclic) bond motifs is 1. The van der Waals surface area contributed by atoms with Gasteiger partial charge in [0.05, 0.1) is 0 Å². The minimum atomic E-state index is 0.175. The van der Waals surface area contributed by atoms with Crippen LogP contribution in [0.5, 0.6) is 5.75 Å². The molecule has 19 heavy (non-hydrogen) atoms. The van der Waals surface area contributed by atoms with Crippen molar-refractivity contribution in [1.82, 2.24) is 0 Å². The minimum Gasteiger partial charge on any atom is -0.492 e. The molecule has 1 aliphatic carbocycles. The van der Waals surface area contributed by atoms with E-state index >= 15 is 0 Å². The quantitative estimate of drug-likeness (QED) is 0.903. The number of nitrogens with two attached hydrogens (primary N) is 1. The zero-order chi connectivity index (χ0) is 13.1. The monoisotopic (exact) mass is 255 g/mol. The molecular weight excluding hydrogens is 234 g/mol. The molecule has 0 heterocycles. The van der Waals surface area contributed by atoms with Gasteiger partial charge in [0, 0.05) is 6.04 Å². The maximum atomic E-state index is 6.21. The van der Waals surface area contributed by atoms with Crippen molar-refractivity contribution in [2.24, 2.45) is 11.7 Å². The zero-order valence-electron chi connectivity index (χ0n) is 11.2. The lowest BCUT2D eigenvalue weighted by Crippen LogP contribution is -2.34. The Morgan fingerprint density at radius 2 is 1.79 bits per heavy atom. The van der Waals surface area contributed by atoms with E-state index in [1.807, 2.05) is 6.07 Å². The fraction of sp³-hybridized carbons (Fsp3) is 0.412. The molecule has 0 spiro atoms. The number of hydrogen-bond donors (Lipinski definition) is 1. The van der Waals surface area contributed by atoms with Crippen LogP contribution in [0.1, 0.15) is 25.7 Å². The number of ether oxygens (including phenoxy) is 1. The van der Waals surface area contributed by atoms with Crippen molar-refractivity contribution in [3.8, 4) is 5.75 Å². The molecule has 0 radical (unpaired) electrons. The van der Waals surface area contributed by atoms with E-state index in [1.54, 1.807) is 0 Å². The molecule has 2 aromatic rings. The Kier molecular flexibility index (Phi) is 3.69. The SMILES string of the molecule is NC(COc1ccc2ccccc2c1)C1CCCC1. The van der Waals surface area contributed by atoms with Gasteiger partial charge in [0.2, 0.25) is 0 Å². The van der Waals surface area contributed by atoms with Crippen molar-refractivity contribution in [3.05, 3.63) is 42.5 Å². The van der Waals surface area contributed by atoms with Gasteiger partial charge in [-0.15, -0.1) is 0 Å². The Balaban J connectivity index is 1.64. The molecule has 1 aliphatic rings. The smallest absolute Gasteiger partial charge is 0.120 e. The summed E-state index contributed by atoms with van der Waals surface area (Å²) in [5.74, 6) is 1.58. The third kappa shape index (κ3) is 2.90. The van der Waals surface area contributed by atoms with Crippen LogP contribution in [0.2, 0.25) is 0 Å². The third-order valence-corrected chi connectivity index (χ3v) is 4.17. The number of hydrogen-bond acceptors (Lipinski definition) is 2. The Bertz CT molecular complexity index is 546. The van der Waals surface area contributed by atoms with E-state index in [0.29, 0.717) is 12.5 Å². The molecule has 0 amide bonds. The molecule has 0 saturated heterocycles. The van der Waals surface area contributed by atoms with Gasteiger partial charge in [0.25, 0.3) is 0 Å². The second-order valence-corrected chi connectivity index (χ2v) is 5.53. The highest BCUT2D eigenvalue weighted by Gasteiger charge is 2.22. The molecule has 1 fully saturated rings. The van der Waals surface area contributed by atoms with Crippen molar-refractivity contribution in [1.29, 1.82) is 0 Å². The van der Waals surface area contributed by atoms with E-state index < -0.39 is 0 Å². The van der Waals surface area contributed by atoms with E-state index in [1.165, 1.54) is 36.5 Å². The summed E-state index contributed by atoms with van der Waals surface area (Å²) in [5.41, 5.74) is 6.21. The van der Waals surface area contributed by atoms with Gasteiger partial charge >= 0.3 is 0 Å². The standard InChI is InChI=1S/C17H21NO/c18-17(14-6-2-3-7-14)12-19-16-10-9-13-5-1-4-8-15(13)11-16/h1,4-5,8-11,14,17H,2-3,6-7,12,18H2. The lowest BCUT2D eigenvalue weighted by molar-refractivity contribution is 0.247. The normalized spacial score (nSPS) is 17.7. The Morgan fingerprint density at radius 1 is 1.05 bits per heavy atom.